The molecule has 10 heteroatoms. The van der Waals surface area contributed by atoms with Crippen LogP contribution in [0.1, 0.15) is 17.4 Å². The molecule has 1 aromatic heterocycles. The highest BCUT2D eigenvalue weighted by molar-refractivity contribution is 7.90. The molecule has 0 saturated heterocycles. The van der Waals surface area contributed by atoms with Gasteiger partial charge in [-0.2, -0.15) is 8.42 Å². The number of carbonyl (C=O) groups excluding carboxylic acids is 1. The molecule has 1 atom stereocenters. The molecule has 148 valence electrons. The van der Waals surface area contributed by atoms with Crippen LogP contribution < -0.4 is 10.6 Å². The van der Waals surface area contributed by atoms with Crippen molar-refractivity contribution >= 4 is 27.5 Å². The van der Waals surface area contributed by atoms with Crippen LogP contribution in [-0.4, -0.2) is 31.7 Å². The van der Waals surface area contributed by atoms with Gasteiger partial charge >= 0.3 is 0 Å². The average Bonchev–Trinajstić information content (AvgIpc) is 3.23. The van der Waals surface area contributed by atoms with E-state index in [1.165, 1.54) is 18.5 Å². The van der Waals surface area contributed by atoms with Crippen molar-refractivity contribution in [2.45, 2.75) is 10.8 Å². The normalized spacial score (nSPS) is 15.6. The van der Waals surface area contributed by atoms with Crippen molar-refractivity contribution in [3.05, 3.63) is 78.3 Å². The monoisotopic (exact) mass is 414 g/mol. The lowest BCUT2D eigenvalue weighted by Gasteiger charge is -2.19. The molecular weight excluding hydrogens is 399 g/mol. The van der Waals surface area contributed by atoms with Gasteiger partial charge in [0.05, 0.1) is 17.8 Å². The molecule has 4 rings (SSSR count). The van der Waals surface area contributed by atoms with Gasteiger partial charge < -0.3 is 15.1 Å². The number of benzene rings is 2. The van der Waals surface area contributed by atoms with E-state index in [9.17, 15) is 17.6 Å². The zero-order valence-electron chi connectivity index (χ0n) is 14.9. The largest absolute Gasteiger partial charge is 0.448 e. The zero-order valence-corrected chi connectivity index (χ0v) is 15.7. The summed E-state index contributed by atoms with van der Waals surface area (Å²) in [6, 6.07) is 12.5. The SMILES string of the molecule is O=C(NCC(c1ccccc1)c1ncco1)C1=NS(=O)(=O)c2cc(F)ccc2N1. The highest BCUT2D eigenvalue weighted by Gasteiger charge is 2.29. The topological polar surface area (TPSA) is 114 Å². The van der Waals surface area contributed by atoms with Gasteiger partial charge in [-0.3, -0.25) is 4.79 Å². The standard InChI is InChI=1S/C19H15FN4O4S/c20-13-6-7-15-16(10-13)29(26,27)24-17(23-15)18(25)22-11-14(19-21-8-9-28-19)12-4-2-1-3-5-12/h1-10,14H,11H2,(H,22,25)(H,23,24). The second-order valence-corrected chi connectivity index (χ2v) is 7.80. The van der Waals surface area contributed by atoms with Gasteiger partial charge in [0.25, 0.3) is 15.9 Å². The van der Waals surface area contributed by atoms with E-state index < -0.39 is 27.6 Å². The van der Waals surface area contributed by atoms with Crippen LogP contribution in [0.3, 0.4) is 0 Å². The third-order valence-corrected chi connectivity index (χ3v) is 5.64. The lowest BCUT2D eigenvalue weighted by Crippen LogP contribution is -2.40. The molecule has 0 aliphatic carbocycles. The van der Waals surface area contributed by atoms with E-state index in [2.05, 4.69) is 20.0 Å². The Bertz CT molecular complexity index is 1180. The number of aromatic nitrogens is 1. The number of oxazole rings is 1. The van der Waals surface area contributed by atoms with Crippen LogP contribution in [0, 0.1) is 5.82 Å². The van der Waals surface area contributed by atoms with Crippen LogP contribution in [0.4, 0.5) is 10.1 Å². The van der Waals surface area contributed by atoms with Crippen molar-refractivity contribution in [3.63, 3.8) is 0 Å². The number of hydrogen-bond acceptors (Lipinski definition) is 6. The quantitative estimate of drug-likeness (QED) is 0.662. The summed E-state index contributed by atoms with van der Waals surface area (Å²) in [4.78, 5) is 16.4. The molecule has 2 N–H and O–H groups in total. The number of nitrogens with one attached hydrogen (secondary N) is 2. The van der Waals surface area contributed by atoms with Crippen molar-refractivity contribution in [1.82, 2.24) is 10.3 Å². The van der Waals surface area contributed by atoms with E-state index in [4.69, 9.17) is 4.42 Å². The number of anilines is 1. The van der Waals surface area contributed by atoms with Crippen LogP contribution in [0.25, 0.3) is 0 Å². The molecule has 1 amide bonds. The van der Waals surface area contributed by atoms with Crippen LogP contribution >= 0.6 is 0 Å². The van der Waals surface area contributed by atoms with Gasteiger partial charge in [-0.1, -0.05) is 30.3 Å². The fourth-order valence-corrected chi connectivity index (χ4v) is 4.07. The van der Waals surface area contributed by atoms with Crippen LogP contribution in [0.2, 0.25) is 0 Å². The minimum absolute atomic E-state index is 0.0823. The van der Waals surface area contributed by atoms with E-state index in [1.54, 1.807) is 0 Å². The van der Waals surface area contributed by atoms with Crippen molar-refractivity contribution in [2.75, 3.05) is 11.9 Å². The number of carbonyl (C=O) groups is 1. The second kappa shape index (κ2) is 7.47. The summed E-state index contributed by atoms with van der Waals surface area (Å²) in [5.41, 5.74) is 0.945. The highest BCUT2D eigenvalue weighted by Crippen LogP contribution is 2.28. The summed E-state index contributed by atoms with van der Waals surface area (Å²) in [5, 5.41) is 5.28. The van der Waals surface area contributed by atoms with Crippen LogP contribution in [-0.2, 0) is 14.8 Å². The minimum atomic E-state index is -4.20. The fourth-order valence-electron chi connectivity index (χ4n) is 2.95. The molecule has 3 aromatic rings. The number of amides is 1. The van der Waals surface area contributed by atoms with E-state index >= 15 is 0 Å². The molecule has 0 saturated carbocycles. The number of halogens is 1. The number of hydrogen-bond donors (Lipinski definition) is 2. The molecule has 0 radical (unpaired) electrons. The molecule has 2 aromatic carbocycles. The summed E-state index contributed by atoms with van der Waals surface area (Å²) < 4.78 is 46.8. The Kier molecular flexibility index (Phi) is 4.85. The Hall–Kier alpha value is -3.53. The van der Waals surface area contributed by atoms with Gasteiger partial charge in [0.1, 0.15) is 17.0 Å². The maximum Gasteiger partial charge on any atom is 0.287 e. The van der Waals surface area contributed by atoms with Crippen LogP contribution in [0.15, 0.2) is 74.7 Å². The van der Waals surface area contributed by atoms with E-state index in [-0.39, 0.29) is 23.0 Å². The molecule has 2 heterocycles. The van der Waals surface area contributed by atoms with Crippen molar-refractivity contribution < 1.29 is 22.0 Å². The molecule has 0 fully saturated rings. The first-order valence-electron chi connectivity index (χ1n) is 8.58. The van der Waals surface area contributed by atoms with Gasteiger partial charge in [0.15, 0.2) is 0 Å². The lowest BCUT2D eigenvalue weighted by molar-refractivity contribution is -0.114. The van der Waals surface area contributed by atoms with Gasteiger partial charge in [-0.05, 0) is 23.8 Å². The number of fused-ring (bicyclic) bond motifs is 1. The van der Waals surface area contributed by atoms with Crippen LogP contribution in [0.5, 0.6) is 0 Å². The van der Waals surface area contributed by atoms with Crippen molar-refractivity contribution in [2.24, 2.45) is 4.40 Å². The Balaban J connectivity index is 1.55. The van der Waals surface area contributed by atoms with Gasteiger partial charge in [-0.15, -0.1) is 4.40 Å². The first-order valence-corrected chi connectivity index (χ1v) is 10.0. The van der Waals surface area contributed by atoms with E-state index in [0.717, 1.165) is 17.7 Å². The molecule has 8 nitrogen and oxygen atoms in total. The summed E-state index contributed by atoms with van der Waals surface area (Å²) in [7, 11) is -4.20. The predicted octanol–water partition coefficient (Wildman–Crippen LogP) is 2.27. The molecular formula is C19H15FN4O4S. The Morgan fingerprint density at radius 1 is 1.21 bits per heavy atom. The summed E-state index contributed by atoms with van der Waals surface area (Å²) in [6.45, 7) is 0.0976. The Morgan fingerprint density at radius 3 is 2.72 bits per heavy atom. The number of nitrogens with zero attached hydrogens (tertiary/aromatic N) is 2. The maximum absolute atomic E-state index is 13.4. The van der Waals surface area contributed by atoms with Crippen molar-refractivity contribution in [3.8, 4) is 0 Å². The predicted molar refractivity (Wildman–Crippen MR) is 102 cm³/mol. The maximum atomic E-state index is 13.4. The Morgan fingerprint density at radius 2 is 2.00 bits per heavy atom. The van der Waals surface area contributed by atoms with Gasteiger partial charge in [0.2, 0.25) is 11.7 Å². The molecule has 1 aliphatic heterocycles. The fraction of sp³-hybridized carbons (Fsp3) is 0.105. The summed E-state index contributed by atoms with van der Waals surface area (Å²) in [6.07, 6.45) is 2.94. The molecule has 1 unspecified atom stereocenters. The number of sulfonamides is 1. The smallest absolute Gasteiger partial charge is 0.287 e. The molecule has 0 bridgehead atoms. The van der Waals surface area contributed by atoms with Gasteiger partial charge in [-0.25, -0.2) is 9.37 Å². The highest BCUT2D eigenvalue weighted by atomic mass is 32.2. The number of rotatable bonds is 5. The minimum Gasteiger partial charge on any atom is -0.448 e. The third kappa shape index (κ3) is 3.87. The first-order chi connectivity index (χ1) is 13.9. The second-order valence-electron chi connectivity index (χ2n) is 6.22. The Labute approximate surface area is 165 Å². The lowest BCUT2D eigenvalue weighted by atomic mass is 9.99. The molecule has 0 spiro atoms. The van der Waals surface area contributed by atoms with E-state index in [1.807, 2.05) is 30.3 Å². The zero-order chi connectivity index (χ0) is 20.4. The molecule has 1 aliphatic rings. The summed E-state index contributed by atoms with van der Waals surface area (Å²) in [5.74, 6) is -1.81. The molecule has 29 heavy (non-hydrogen) atoms. The van der Waals surface area contributed by atoms with Crippen molar-refractivity contribution in [1.29, 1.82) is 0 Å². The first kappa shape index (κ1) is 18.8. The number of amidine groups is 1. The summed E-state index contributed by atoms with van der Waals surface area (Å²) >= 11 is 0. The van der Waals surface area contributed by atoms with E-state index in [0.29, 0.717) is 5.89 Å². The average molecular weight is 414 g/mol. The van der Waals surface area contributed by atoms with Gasteiger partial charge in [0, 0.05) is 6.54 Å². The third-order valence-electron chi connectivity index (χ3n) is 4.32.